The molecule has 5 rings (SSSR count). The summed E-state index contributed by atoms with van der Waals surface area (Å²) in [4.78, 5) is 29.6. The summed E-state index contributed by atoms with van der Waals surface area (Å²) in [6.07, 6.45) is 0. The minimum absolute atomic E-state index is 0.115. The van der Waals surface area contributed by atoms with E-state index in [1.54, 1.807) is 84.5 Å². The van der Waals surface area contributed by atoms with Gasteiger partial charge in [-0.05, 0) is 71.8 Å². The number of carbonyl (C=O) groups is 2. The van der Waals surface area contributed by atoms with Crippen LogP contribution < -0.4 is 14.8 Å². The van der Waals surface area contributed by atoms with E-state index in [1.165, 1.54) is 0 Å². The van der Waals surface area contributed by atoms with Gasteiger partial charge in [0, 0.05) is 17.3 Å². The first-order valence-corrected chi connectivity index (χ1v) is 13.2. The van der Waals surface area contributed by atoms with Crippen molar-refractivity contribution in [3.63, 3.8) is 0 Å². The Morgan fingerprint density at radius 3 is 2.17 bits per heavy atom. The van der Waals surface area contributed by atoms with Crippen LogP contribution in [-0.2, 0) is 22.7 Å². The van der Waals surface area contributed by atoms with Crippen LogP contribution in [0.25, 0.3) is 11.0 Å². The normalized spacial score (nSPS) is 11.6. The highest BCUT2D eigenvalue weighted by Gasteiger charge is 2.32. The molecular formula is C31H28ClN5O4. The lowest BCUT2D eigenvalue weighted by molar-refractivity contribution is -0.140. The van der Waals surface area contributed by atoms with Gasteiger partial charge in [-0.1, -0.05) is 53.2 Å². The summed E-state index contributed by atoms with van der Waals surface area (Å²) in [7, 11) is 3.15. The predicted molar refractivity (Wildman–Crippen MR) is 157 cm³/mol. The van der Waals surface area contributed by atoms with Gasteiger partial charge in [-0.3, -0.25) is 9.59 Å². The van der Waals surface area contributed by atoms with E-state index >= 15 is 0 Å². The van der Waals surface area contributed by atoms with E-state index in [2.05, 4.69) is 15.6 Å². The number of benzene rings is 4. The molecule has 0 saturated carbocycles. The molecule has 0 radical (unpaired) electrons. The van der Waals surface area contributed by atoms with Crippen LogP contribution in [0.3, 0.4) is 0 Å². The van der Waals surface area contributed by atoms with Gasteiger partial charge in [-0.15, -0.1) is 5.10 Å². The number of fused-ring (bicyclic) bond motifs is 1. The first kappa shape index (κ1) is 27.7. The fourth-order valence-electron chi connectivity index (χ4n) is 4.51. The number of hydrogen-bond donors (Lipinski definition) is 1. The van der Waals surface area contributed by atoms with Crippen LogP contribution in [0.5, 0.6) is 11.5 Å². The number of nitrogens with zero attached hydrogens (tertiary/aromatic N) is 4. The maximum absolute atomic E-state index is 14.1. The second-order valence-corrected chi connectivity index (χ2v) is 9.71. The number of carbonyl (C=O) groups excluding carboxylic acids is 2. The van der Waals surface area contributed by atoms with Gasteiger partial charge in [0.15, 0.2) is 0 Å². The van der Waals surface area contributed by atoms with Gasteiger partial charge in [-0.25, -0.2) is 4.68 Å². The molecule has 2 amide bonds. The average molecular weight is 570 g/mol. The number of nitrogens with one attached hydrogen (secondary N) is 1. The van der Waals surface area contributed by atoms with Crippen molar-refractivity contribution >= 4 is 40.1 Å². The molecule has 4 aromatic carbocycles. The van der Waals surface area contributed by atoms with Gasteiger partial charge in [0.2, 0.25) is 5.91 Å². The zero-order valence-electron chi connectivity index (χ0n) is 22.5. The first-order valence-electron chi connectivity index (χ1n) is 12.9. The van der Waals surface area contributed by atoms with Crippen molar-refractivity contribution in [3.05, 3.63) is 113 Å². The number of anilines is 1. The Morgan fingerprint density at radius 2 is 1.51 bits per heavy atom. The predicted octanol–water partition coefficient (Wildman–Crippen LogP) is 5.51. The Labute approximate surface area is 242 Å². The van der Waals surface area contributed by atoms with Crippen molar-refractivity contribution in [1.82, 2.24) is 19.9 Å². The maximum atomic E-state index is 14.1. The molecule has 10 heteroatoms. The van der Waals surface area contributed by atoms with Gasteiger partial charge in [0.1, 0.15) is 29.6 Å². The van der Waals surface area contributed by atoms with Crippen LogP contribution in [0.1, 0.15) is 17.2 Å². The molecular weight excluding hydrogens is 542 g/mol. The number of aromatic nitrogens is 3. The molecule has 1 atom stereocenters. The Bertz CT molecular complexity index is 1640. The van der Waals surface area contributed by atoms with E-state index in [0.29, 0.717) is 33.3 Å². The average Bonchev–Trinajstić information content (AvgIpc) is 3.41. The maximum Gasteiger partial charge on any atom is 0.251 e. The standard InChI is InChI=1S/C31H28ClN5O4/c1-40-25-15-9-22(10-16-25)30(31(39)33-24-13-17-26(41-2)18-14-24)36(19-21-7-11-23(32)12-8-21)29(38)20-37-28-6-4-3-5-27(28)34-35-37/h3-18,30H,19-20H2,1-2H3,(H,33,39)/t30-/m1/s1. The van der Waals surface area contributed by atoms with Gasteiger partial charge >= 0.3 is 0 Å². The largest absolute Gasteiger partial charge is 0.497 e. The Morgan fingerprint density at radius 1 is 0.878 bits per heavy atom. The van der Waals surface area contributed by atoms with E-state index in [0.717, 1.165) is 11.1 Å². The third-order valence-electron chi connectivity index (χ3n) is 6.64. The summed E-state index contributed by atoms with van der Waals surface area (Å²) < 4.78 is 12.1. The van der Waals surface area contributed by atoms with E-state index in [9.17, 15) is 9.59 Å². The number of hydrogen-bond acceptors (Lipinski definition) is 6. The molecule has 0 aliphatic heterocycles. The minimum atomic E-state index is -0.985. The van der Waals surface area contributed by atoms with Crippen LogP contribution in [0.4, 0.5) is 5.69 Å². The van der Waals surface area contributed by atoms with Crippen molar-refractivity contribution in [1.29, 1.82) is 0 Å². The number of halogens is 1. The second-order valence-electron chi connectivity index (χ2n) is 9.28. The summed E-state index contributed by atoms with van der Waals surface area (Å²) in [5.74, 6) is 0.592. The van der Waals surface area contributed by atoms with E-state index in [4.69, 9.17) is 21.1 Å². The fourth-order valence-corrected chi connectivity index (χ4v) is 4.63. The molecule has 1 heterocycles. The number of amides is 2. The molecule has 0 aliphatic carbocycles. The molecule has 0 fully saturated rings. The lowest BCUT2D eigenvalue weighted by Crippen LogP contribution is -2.42. The highest BCUT2D eigenvalue weighted by atomic mass is 35.5. The molecule has 9 nitrogen and oxygen atoms in total. The lowest BCUT2D eigenvalue weighted by atomic mass is 10.0. The molecule has 208 valence electrons. The lowest BCUT2D eigenvalue weighted by Gasteiger charge is -2.32. The monoisotopic (exact) mass is 569 g/mol. The summed E-state index contributed by atoms with van der Waals surface area (Å²) in [6, 6.07) is 27.7. The van der Waals surface area contributed by atoms with Gasteiger partial charge < -0.3 is 19.7 Å². The van der Waals surface area contributed by atoms with Crippen molar-refractivity contribution in [2.45, 2.75) is 19.1 Å². The topological polar surface area (TPSA) is 98.6 Å². The van der Waals surface area contributed by atoms with Crippen molar-refractivity contribution in [2.75, 3.05) is 19.5 Å². The third kappa shape index (κ3) is 6.47. The van der Waals surface area contributed by atoms with E-state index in [-0.39, 0.29) is 24.9 Å². The van der Waals surface area contributed by atoms with Gasteiger partial charge in [0.25, 0.3) is 5.91 Å². The van der Waals surface area contributed by atoms with E-state index < -0.39 is 6.04 Å². The van der Waals surface area contributed by atoms with Crippen molar-refractivity contribution in [2.24, 2.45) is 0 Å². The summed E-state index contributed by atoms with van der Waals surface area (Å²) in [5.41, 5.74) is 3.38. The highest BCUT2D eigenvalue weighted by molar-refractivity contribution is 6.30. The van der Waals surface area contributed by atoms with Crippen molar-refractivity contribution in [3.8, 4) is 11.5 Å². The van der Waals surface area contributed by atoms with Crippen LogP contribution in [0, 0.1) is 0 Å². The van der Waals surface area contributed by atoms with Crippen LogP contribution in [0.15, 0.2) is 97.1 Å². The Hall–Kier alpha value is -4.89. The van der Waals surface area contributed by atoms with Crippen LogP contribution in [-0.4, -0.2) is 45.9 Å². The number of rotatable bonds is 10. The molecule has 0 unspecified atom stereocenters. The van der Waals surface area contributed by atoms with Crippen molar-refractivity contribution < 1.29 is 19.1 Å². The molecule has 41 heavy (non-hydrogen) atoms. The van der Waals surface area contributed by atoms with E-state index in [1.807, 2.05) is 36.4 Å². The smallest absolute Gasteiger partial charge is 0.251 e. The van der Waals surface area contributed by atoms with Gasteiger partial charge in [-0.2, -0.15) is 0 Å². The summed E-state index contributed by atoms with van der Waals surface area (Å²) >= 11 is 6.13. The van der Waals surface area contributed by atoms with Gasteiger partial charge in [0.05, 0.1) is 19.7 Å². The molecule has 0 aliphatic rings. The number of methoxy groups -OCH3 is 2. The Kier molecular flexibility index (Phi) is 8.45. The molecule has 1 aromatic heterocycles. The zero-order valence-corrected chi connectivity index (χ0v) is 23.3. The second kappa shape index (κ2) is 12.5. The molecule has 5 aromatic rings. The highest BCUT2D eigenvalue weighted by Crippen LogP contribution is 2.28. The molecule has 0 spiro atoms. The SMILES string of the molecule is COc1ccc(NC(=O)[C@@H](c2ccc(OC)cc2)N(Cc2ccc(Cl)cc2)C(=O)Cn2nnc3ccccc32)cc1. The van der Waals surface area contributed by atoms with Crippen LogP contribution in [0.2, 0.25) is 5.02 Å². The minimum Gasteiger partial charge on any atom is -0.497 e. The van der Waals surface area contributed by atoms with Crippen LogP contribution >= 0.6 is 11.6 Å². The summed E-state index contributed by atoms with van der Waals surface area (Å²) in [5, 5.41) is 11.9. The third-order valence-corrected chi connectivity index (χ3v) is 6.89. The quantitative estimate of drug-likeness (QED) is 0.238. The number of ether oxygens (including phenoxy) is 2. The zero-order chi connectivity index (χ0) is 28.8. The summed E-state index contributed by atoms with van der Waals surface area (Å²) in [6.45, 7) is 0.0337. The fraction of sp³-hybridized carbons (Fsp3) is 0.161. The molecule has 0 bridgehead atoms. The molecule has 0 saturated heterocycles. The Balaban J connectivity index is 1.54. The first-order chi connectivity index (χ1) is 19.9. The number of para-hydroxylation sites is 1. The molecule has 1 N–H and O–H groups in total.